The lowest BCUT2D eigenvalue weighted by Gasteiger charge is -2.27. The molecule has 2 aliphatic rings. The lowest BCUT2D eigenvalue weighted by Crippen LogP contribution is -2.34. The number of amides is 1. The van der Waals surface area contributed by atoms with E-state index in [1.54, 1.807) is 0 Å². The summed E-state index contributed by atoms with van der Waals surface area (Å²) in [5, 5.41) is 6.37. The summed E-state index contributed by atoms with van der Waals surface area (Å²) in [7, 11) is 0. The Morgan fingerprint density at radius 1 is 1.24 bits per heavy atom. The fourth-order valence-corrected chi connectivity index (χ4v) is 3.42. The molecule has 5 heteroatoms. The van der Waals surface area contributed by atoms with Gasteiger partial charge >= 0.3 is 0 Å². The minimum Gasteiger partial charge on any atom is -0.376 e. The van der Waals surface area contributed by atoms with Gasteiger partial charge in [0.1, 0.15) is 0 Å². The molecule has 2 fully saturated rings. The summed E-state index contributed by atoms with van der Waals surface area (Å²) in [6.07, 6.45) is 8.50. The molecule has 1 saturated heterocycles. The third-order valence-corrected chi connectivity index (χ3v) is 4.78. The Kier molecular flexibility index (Phi) is 9.29. The van der Waals surface area contributed by atoms with Crippen molar-refractivity contribution in [2.45, 2.75) is 58.0 Å². The van der Waals surface area contributed by atoms with Crippen LogP contribution in [0.25, 0.3) is 0 Å². The molecule has 0 aromatic rings. The van der Waals surface area contributed by atoms with Crippen LogP contribution < -0.4 is 10.6 Å². The van der Waals surface area contributed by atoms with Crippen LogP contribution >= 0.6 is 12.4 Å². The molecule has 1 aliphatic heterocycles. The van der Waals surface area contributed by atoms with Crippen molar-refractivity contribution in [3.05, 3.63) is 0 Å². The molecule has 1 amide bonds. The molecule has 4 nitrogen and oxygen atoms in total. The normalized spacial score (nSPS) is 21.8. The van der Waals surface area contributed by atoms with E-state index in [-0.39, 0.29) is 18.3 Å². The second-order valence-electron chi connectivity index (χ2n) is 6.40. The lowest BCUT2D eigenvalue weighted by molar-refractivity contribution is -0.122. The molecule has 21 heavy (non-hydrogen) atoms. The maximum absolute atomic E-state index is 11.9. The first kappa shape index (κ1) is 18.7. The molecular formula is C16H31ClN2O2. The number of hydrogen-bond acceptors (Lipinski definition) is 3. The van der Waals surface area contributed by atoms with Gasteiger partial charge in [0, 0.05) is 13.0 Å². The number of nitrogens with one attached hydrogen (secondary N) is 2. The second kappa shape index (κ2) is 10.4. The average Bonchev–Trinajstić information content (AvgIpc) is 2.98. The minimum absolute atomic E-state index is 0. The first-order valence-corrected chi connectivity index (χ1v) is 8.34. The van der Waals surface area contributed by atoms with Crippen LogP contribution in [0.15, 0.2) is 0 Å². The molecular weight excluding hydrogens is 288 g/mol. The van der Waals surface area contributed by atoms with Crippen molar-refractivity contribution in [3.63, 3.8) is 0 Å². The molecule has 2 N–H and O–H groups in total. The molecule has 1 saturated carbocycles. The highest BCUT2D eigenvalue weighted by Crippen LogP contribution is 2.24. The van der Waals surface area contributed by atoms with E-state index in [4.69, 9.17) is 4.74 Å². The monoisotopic (exact) mass is 318 g/mol. The predicted molar refractivity (Wildman–Crippen MR) is 87.8 cm³/mol. The Bertz CT molecular complexity index is 290. The van der Waals surface area contributed by atoms with Gasteiger partial charge in [0.05, 0.1) is 12.7 Å². The van der Waals surface area contributed by atoms with Gasteiger partial charge in [0.15, 0.2) is 0 Å². The number of hydrogen-bond donors (Lipinski definition) is 2. The molecule has 0 radical (unpaired) electrons. The average molecular weight is 319 g/mol. The van der Waals surface area contributed by atoms with Crippen molar-refractivity contribution < 1.29 is 9.53 Å². The van der Waals surface area contributed by atoms with E-state index in [9.17, 15) is 4.79 Å². The van der Waals surface area contributed by atoms with Gasteiger partial charge in [0.25, 0.3) is 0 Å². The quantitative estimate of drug-likeness (QED) is 0.709. The van der Waals surface area contributed by atoms with Crippen LogP contribution in [-0.2, 0) is 9.53 Å². The second-order valence-corrected chi connectivity index (χ2v) is 6.40. The number of halogens is 1. The van der Waals surface area contributed by atoms with E-state index in [2.05, 4.69) is 17.6 Å². The molecule has 0 aromatic heterocycles. The van der Waals surface area contributed by atoms with Crippen molar-refractivity contribution in [2.24, 2.45) is 11.8 Å². The van der Waals surface area contributed by atoms with Gasteiger partial charge in [-0.3, -0.25) is 4.79 Å². The molecule has 0 aromatic carbocycles. The zero-order chi connectivity index (χ0) is 14.2. The first-order valence-electron chi connectivity index (χ1n) is 8.34. The van der Waals surface area contributed by atoms with Gasteiger partial charge < -0.3 is 15.4 Å². The van der Waals surface area contributed by atoms with Gasteiger partial charge in [-0.1, -0.05) is 19.8 Å². The van der Waals surface area contributed by atoms with E-state index < -0.39 is 0 Å². The zero-order valence-electron chi connectivity index (χ0n) is 13.2. The SMILES string of the molecule is CC(CC(=O)NCCOC1CCCC1)C1CCNCC1.Cl. The van der Waals surface area contributed by atoms with Crippen molar-refractivity contribution in [1.29, 1.82) is 0 Å². The smallest absolute Gasteiger partial charge is 0.220 e. The minimum atomic E-state index is 0. The Labute approximate surface area is 135 Å². The van der Waals surface area contributed by atoms with Crippen molar-refractivity contribution in [3.8, 4) is 0 Å². The number of rotatable bonds is 7. The highest BCUT2D eigenvalue weighted by atomic mass is 35.5. The molecule has 1 unspecified atom stereocenters. The molecule has 0 spiro atoms. The Hall–Kier alpha value is -0.320. The number of carbonyl (C=O) groups excluding carboxylic acids is 1. The summed E-state index contributed by atoms with van der Waals surface area (Å²) in [4.78, 5) is 11.9. The van der Waals surface area contributed by atoms with Crippen LogP contribution in [0.1, 0.15) is 51.9 Å². The highest BCUT2D eigenvalue weighted by Gasteiger charge is 2.22. The Balaban J connectivity index is 0.00000220. The molecule has 2 rings (SSSR count). The number of carbonyl (C=O) groups is 1. The van der Waals surface area contributed by atoms with E-state index >= 15 is 0 Å². The number of piperidine rings is 1. The van der Waals surface area contributed by atoms with Crippen LogP contribution in [0.4, 0.5) is 0 Å². The van der Waals surface area contributed by atoms with Gasteiger partial charge in [-0.15, -0.1) is 12.4 Å². The topological polar surface area (TPSA) is 50.4 Å². The Morgan fingerprint density at radius 2 is 1.90 bits per heavy atom. The van der Waals surface area contributed by atoms with Crippen molar-refractivity contribution in [1.82, 2.24) is 10.6 Å². The van der Waals surface area contributed by atoms with Crippen LogP contribution in [0.3, 0.4) is 0 Å². The fraction of sp³-hybridized carbons (Fsp3) is 0.938. The predicted octanol–water partition coefficient (Wildman–Crippen LogP) is 2.51. The van der Waals surface area contributed by atoms with E-state index in [1.807, 2.05) is 0 Å². The maximum Gasteiger partial charge on any atom is 0.220 e. The highest BCUT2D eigenvalue weighted by molar-refractivity contribution is 5.85. The maximum atomic E-state index is 11.9. The van der Waals surface area contributed by atoms with Gasteiger partial charge in [-0.05, 0) is 50.6 Å². The van der Waals surface area contributed by atoms with Gasteiger partial charge in [0.2, 0.25) is 5.91 Å². The molecule has 0 bridgehead atoms. The van der Waals surface area contributed by atoms with E-state index in [0.29, 0.717) is 37.5 Å². The fourth-order valence-electron chi connectivity index (χ4n) is 3.42. The van der Waals surface area contributed by atoms with Gasteiger partial charge in [-0.25, -0.2) is 0 Å². The van der Waals surface area contributed by atoms with E-state index in [0.717, 1.165) is 13.1 Å². The lowest BCUT2D eigenvalue weighted by atomic mass is 9.84. The summed E-state index contributed by atoms with van der Waals surface area (Å²) < 4.78 is 5.75. The van der Waals surface area contributed by atoms with E-state index in [1.165, 1.54) is 38.5 Å². The van der Waals surface area contributed by atoms with Crippen LogP contribution in [0.2, 0.25) is 0 Å². The molecule has 1 atom stereocenters. The zero-order valence-corrected chi connectivity index (χ0v) is 14.1. The largest absolute Gasteiger partial charge is 0.376 e. The molecule has 1 aliphatic carbocycles. The molecule has 124 valence electrons. The summed E-state index contributed by atoms with van der Waals surface area (Å²) in [5.41, 5.74) is 0. The first-order chi connectivity index (χ1) is 9.75. The Morgan fingerprint density at radius 3 is 2.57 bits per heavy atom. The van der Waals surface area contributed by atoms with Crippen LogP contribution in [-0.4, -0.2) is 38.3 Å². The standard InChI is InChI=1S/C16H30N2O2.ClH/c1-13(14-6-8-17-9-7-14)12-16(19)18-10-11-20-15-4-2-3-5-15;/h13-15,17H,2-12H2,1H3,(H,18,19);1H. The molecule has 1 heterocycles. The third-order valence-electron chi connectivity index (χ3n) is 4.78. The summed E-state index contributed by atoms with van der Waals surface area (Å²) in [6.45, 7) is 5.74. The summed E-state index contributed by atoms with van der Waals surface area (Å²) in [6, 6.07) is 0. The third kappa shape index (κ3) is 6.98. The van der Waals surface area contributed by atoms with Crippen molar-refractivity contribution in [2.75, 3.05) is 26.2 Å². The van der Waals surface area contributed by atoms with Gasteiger partial charge in [-0.2, -0.15) is 0 Å². The number of ether oxygens (including phenoxy) is 1. The van der Waals surface area contributed by atoms with Crippen LogP contribution in [0.5, 0.6) is 0 Å². The summed E-state index contributed by atoms with van der Waals surface area (Å²) in [5.74, 6) is 1.38. The van der Waals surface area contributed by atoms with Crippen molar-refractivity contribution >= 4 is 18.3 Å². The van der Waals surface area contributed by atoms with Crippen LogP contribution in [0, 0.1) is 11.8 Å². The summed E-state index contributed by atoms with van der Waals surface area (Å²) >= 11 is 0.